The van der Waals surface area contributed by atoms with Crippen molar-refractivity contribution in [3.63, 3.8) is 0 Å². The Morgan fingerprint density at radius 2 is 1.64 bits per heavy atom. The molecule has 7 heteroatoms. The highest BCUT2D eigenvalue weighted by Gasteiger charge is 2.60. The highest BCUT2D eigenvalue weighted by atomic mass is 16.6. The normalized spacial score (nSPS) is 29.1. The van der Waals surface area contributed by atoms with Crippen LogP contribution in [0, 0.1) is 26.4 Å². The van der Waals surface area contributed by atoms with Gasteiger partial charge in [0.05, 0.1) is 4.92 Å². The van der Waals surface area contributed by atoms with Crippen molar-refractivity contribution in [2.75, 3.05) is 0 Å². The highest BCUT2D eigenvalue weighted by Crippen LogP contribution is 2.55. The number of hydrogen-bond acceptors (Lipinski definition) is 4. The summed E-state index contributed by atoms with van der Waals surface area (Å²) in [5.41, 5.74) is -4.82. The zero-order valence-electron chi connectivity index (χ0n) is 13.6. The molecule has 1 rings (SSSR count). The molecule has 1 aliphatic carbocycles. The first-order valence-electron chi connectivity index (χ1n) is 6.77. The molecular weight excluding hydrogens is 290 g/mol. The third kappa shape index (κ3) is 2.03. The van der Waals surface area contributed by atoms with E-state index < -0.39 is 38.8 Å². The van der Waals surface area contributed by atoms with Crippen molar-refractivity contribution in [1.82, 2.24) is 0 Å². The molecule has 0 aromatic carbocycles. The number of nitrogens with zero attached hydrogens (tertiary/aromatic N) is 1. The Bertz CT molecular complexity index is 624. The first-order chi connectivity index (χ1) is 9.74. The van der Waals surface area contributed by atoms with E-state index in [1.807, 2.05) is 0 Å². The Morgan fingerprint density at radius 3 is 1.91 bits per heavy atom. The molecular formula is C15H21NO6. The average Bonchev–Trinajstić information content (AvgIpc) is 2.31. The SMILES string of the molecule is CC1=CC(C(=O)O)(C(C)(C)C)C(C)=C([N+](=O)[O-])C1(C)C(=O)O. The third-order valence-corrected chi connectivity index (χ3v) is 4.77. The van der Waals surface area contributed by atoms with Gasteiger partial charge in [-0.3, -0.25) is 19.7 Å². The summed E-state index contributed by atoms with van der Waals surface area (Å²) in [6.07, 6.45) is 1.35. The summed E-state index contributed by atoms with van der Waals surface area (Å²) in [4.78, 5) is 34.4. The van der Waals surface area contributed by atoms with E-state index >= 15 is 0 Å². The maximum absolute atomic E-state index is 12.0. The fourth-order valence-corrected chi connectivity index (χ4v) is 3.24. The van der Waals surface area contributed by atoms with E-state index in [1.54, 1.807) is 20.8 Å². The molecule has 0 saturated carbocycles. The second-order valence-corrected chi connectivity index (χ2v) is 6.85. The minimum absolute atomic E-state index is 0.0481. The molecule has 0 fully saturated rings. The molecule has 2 atom stereocenters. The van der Waals surface area contributed by atoms with Crippen LogP contribution in [0.1, 0.15) is 41.5 Å². The van der Waals surface area contributed by atoms with Crippen LogP contribution in [-0.2, 0) is 9.59 Å². The van der Waals surface area contributed by atoms with Gasteiger partial charge in [0.25, 0.3) is 5.70 Å². The molecule has 0 amide bonds. The Kier molecular flexibility index (Phi) is 4.00. The van der Waals surface area contributed by atoms with Gasteiger partial charge in [0, 0.05) is 5.57 Å². The zero-order valence-corrected chi connectivity index (χ0v) is 13.6. The molecule has 0 aromatic rings. The van der Waals surface area contributed by atoms with Gasteiger partial charge in [0.15, 0.2) is 5.41 Å². The predicted octanol–water partition coefficient (Wildman–Crippen LogP) is 2.71. The summed E-state index contributed by atoms with van der Waals surface area (Å²) in [6.45, 7) is 8.98. The van der Waals surface area contributed by atoms with Crippen molar-refractivity contribution in [1.29, 1.82) is 0 Å². The molecule has 0 aliphatic heterocycles. The van der Waals surface area contributed by atoms with Crippen molar-refractivity contribution < 1.29 is 24.7 Å². The number of carboxylic acids is 2. The summed E-state index contributed by atoms with van der Waals surface area (Å²) in [5, 5.41) is 30.8. The maximum atomic E-state index is 12.0. The van der Waals surface area contributed by atoms with Gasteiger partial charge in [0.1, 0.15) is 5.41 Å². The Balaban J connectivity index is 3.98. The Labute approximate surface area is 128 Å². The van der Waals surface area contributed by atoms with E-state index in [2.05, 4.69) is 0 Å². The predicted molar refractivity (Wildman–Crippen MR) is 78.7 cm³/mol. The quantitative estimate of drug-likeness (QED) is 0.470. The molecule has 2 N–H and O–H groups in total. The van der Waals surface area contributed by atoms with Crippen molar-refractivity contribution in [3.8, 4) is 0 Å². The first kappa shape index (κ1) is 17.9. The van der Waals surface area contributed by atoms with E-state index in [-0.39, 0.29) is 11.1 Å². The molecule has 7 nitrogen and oxygen atoms in total. The van der Waals surface area contributed by atoms with Crippen LogP contribution in [0.4, 0.5) is 0 Å². The van der Waals surface area contributed by atoms with Gasteiger partial charge in [-0.15, -0.1) is 0 Å². The average molecular weight is 311 g/mol. The van der Waals surface area contributed by atoms with E-state index in [0.29, 0.717) is 0 Å². The standard InChI is InChI=1S/C15H21NO6/c1-8-7-15(12(19)20,13(3,4)5)9(2)10(16(21)22)14(8,6)11(17)18/h7H,1-6H3,(H,17,18)(H,19,20). The van der Waals surface area contributed by atoms with E-state index in [1.165, 1.54) is 26.8 Å². The lowest BCUT2D eigenvalue weighted by molar-refractivity contribution is -0.439. The third-order valence-electron chi connectivity index (χ3n) is 4.77. The van der Waals surface area contributed by atoms with Crippen LogP contribution in [0.5, 0.6) is 0 Å². The molecule has 0 saturated heterocycles. The lowest BCUT2D eigenvalue weighted by atomic mass is 9.56. The van der Waals surface area contributed by atoms with Crippen molar-refractivity contribution in [3.05, 3.63) is 33.0 Å². The maximum Gasteiger partial charge on any atom is 0.324 e. The first-order valence-corrected chi connectivity index (χ1v) is 6.77. The van der Waals surface area contributed by atoms with Gasteiger partial charge >= 0.3 is 11.9 Å². The van der Waals surface area contributed by atoms with E-state index in [0.717, 1.165) is 0 Å². The second kappa shape index (κ2) is 4.93. The van der Waals surface area contributed by atoms with Crippen LogP contribution in [-0.4, -0.2) is 27.1 Å². The summed E-state index contributed by atoms with van der Waals surface area (Å²) < 4.78 is 0. The minimum Gasteiger partial charge on any atom is -0.480 e. The Morgan fingerprint density at radius 1 is 1.18 bits per heavy atom. The van der Waals surface area contributed by atoms with Gasteiger partial charge in [0.2, 0.25) is 0 Å². The van der Waals surface area contributed by atoms with Crippen LogP contribution < -0.4 is 0 Å². The molecule has 0 radical (unpaired) electrons. The number of nitro groups is 1. The molecule has 22 heavy (non-hydrogen) atoms. The van der Waals surface area contributed by atoms with Crippen LogP contribution in [0.25, 0.3) is 0 Å². The number of carboxylic acid groups (broad SMARTS) is 2. The minimum atomic E-state index is -1.85. The molecule has 0 heterocycles. The molecule has 122 valence electrons. The largest absolute Gasteiger partial charge is 0.480 e. The monoisotopic (exact) mass is 311 g/mol. The van der Waals surface area contributed by atoms with E-state index in [4.69, 9.17) is 0 Å². The highest BCUT2D eigenvalue weighted by molar-refractivity contribution is 5.88. The summed E-state index contributed by atoms with van der Waals surface area (Å²) in [6, 6.07) is 0. The smallest absolute Gasteiger partial charge is 0.324 e. The molecule has 1 aliphatic rings. The van der Waals surface area contributed by atoms with Crippen LogP contribution >= 0.6 is 0 Å². The molecule has 0 bridgehead atoms. The van der Waals surface area contributed by atoms with E-state index in [9.17, 15) is 29.9 Å². The summed E-state index contributed by atoms with van der Waals surface area (Å²) >= 11 is 0. The summed E-state index contributed by atoms with van der Waals surface area (Å²) in [7, 11) is 0. The van der Waals surface area contributed by atoms with Crippen LogP contribution in [0.2, 0.25) is 0 Å². The van der Waals surface area contributed by atoms with Crippen molar-refractivity contribution in [2.45, 2.75) is 41.5 Å². The van der Waals surface area contributed by atoms with Gasteiger partial charge in [-0.05, 0) is 31.8 Å². The van der Waals surface area contributed by atoms with Gasteiger partial charge < -0.3 is 10.2 Å². The number of carbonyl (C=O) groups is 2. The number of aliphatic carboxylic acids is 2. The lowest BCUT2D eigenvalue weighted by Gasteiger charge is -2.44. The van der Waals surface area contributed by atoms with Crippen LogP contribution in [0.15, 0.2) is 22.9 Å². The molecule has 2 unspecified atom stereocenters. The Hall–Kier alpha value is -2.18. The summed E-state index contributed by atoms with van der Waals surface area (Å²) in [5.74, 6) is -2.61. The molecule has 0 aromatic heterocycles. The number of hydrogen-bond donors (Lipinski definition) is 2. The van der Waals surface area contributed by atoms with Crippen LogP contribution in [0.3, 0.4) is 0 Å². The van der Waals surface area contributed by atoms with Gasteiger partial charge in [-0.25, -0.2) is 0 Å². The van der Waals surface area contributed by atoms with Crippen molar-refractivity contribution >= 4 is 11.9 Å². The second-order valence-electron chi connectivity index (χ2n) is 6.85. The van der Waals surface area contributed by atoms with Gasteiger partial charge in [-0.1, -0.05) is 26.8 Å². The fourth-order valence-electron chi connectivity index (χ4n) is 3.24. The fraction of sp³-hybridized carbons (Fsp3) is 0.600. The van der Waals surface area contributed by atoms with Crippen molar-refractivity contribution in [2.24, 2.45) is 16.2 Å². The lowest BCUT2D eigenvalue weighted by Crippen LogP contribution is -2.49. The zero-order chi connectivity index (χ0) is 17.7. The van der Waals surface area contributed by atoms with Gasteiger partial charge in [-0.2, -0.15) is 0 Å². The number of rotatable bonds is 3. The molecule has 0 spiro atoms. The topological polar surface area (TPSA) is 118 Å².